The second kappa shape index (κ2) is 6.97. The molecule has 0 amide bonds. The average molecular weight is 240 g/mol. The Labute approximate surface area is 104 Å². The Balaban J connectivity index is 1.86. The first-order valence-corrected chi connectivity index (χ1v) is 6.88. The zero-order valence-electron chi connectivity index (χ0n) is 10.9. The number of morpholine rings is 1. The highest BCUT2D eigenvalue weighted by Gasteiger charge is 2.19. The molecule has 2 heterocycles. The van der Waals surface area contributed by atoms with Crippen LogP contribution in [0, 0.1) is 0 Å². The highest BCUT2D eigenvalue weighted by atomic mass is 16.5. The third-order valence-electron chi connectivity index (χ3n) is 3.39. The third kappa shape index (κ3) is 4.28. The summed E-state index contributed by atoms with van der Waals surface area (Å²) >= 11 is 0. The summed E-state index contributed by atoms with van der Waals surface area (Å²) in [6.45, 7) is 7.68. The van der Waals surface area contributed by atoms with Crippen molar-refractivity contribution in [1.29, 1.82) is 0 Å². The molecule has 0 radical (unpaired) electrons. The van der Waals surface area contributed by atoms with Gasteiger partial charge in [0.1, 0.15) is 0 Å². The molecule has 1 unspecified atom stereocenters. The van der Waals surface area contributed by atoms with Crippen LogP contribution >= 0.6 is 0 Å². The van der Waals surface area contributed by atoms with Crippen LogP contribution in [0.4, 0.5) is 0 Å². The second-order valence-corrected chi connectivity index (χ2v) is 4.77. The van der Waals surface area contributed by atoms with Gasteiger partial charge in [-0.05, 0) is 19.8 Å². The van der Waals surface area contributed by atoms with Gasteiger partial charge in [-0.2, -0.15) is 0 Å². The van der Waals surface area contributed by atoms with Gasteiger partial charge in [-0.15, -0.1) is 0 Å². The van der Waals surface area contributed by atoms with Gasteiger partial charge in [0, 0.05) is 26.1 Å². The first-order chi connectivity index (χ1) is 8.38. The number of nitrogens with zero attached hydrogens (tertiary/aromatic N) is 2. The summed E-state index contributed by atoms with van der Waals surface area (Å²) in [6, 6.07) is 0.428. The van der Waals surface area contributed by atoms with Gasteiger partial charge in [0.25, 0.3) is 0 Å². The fraction of sp³-hybridized carbons (Fsp3) is 0.923. The molecule has 2 rings (SSSR count). The van der Waals surface area contributed by atoms with E-state index in [-0.39, 0.29) is 0 Å². The molecule has 0 spiro atoms. The molecule has 2 aliphatic heterocycles. The topological polar surface area (TPSA) is 34.1 Å². The van der Waals surface area contributed by atoms with E-state index in [0.29, 0.717) is 6.04 Å². The van der Waals surface area contributed by atoms with Gasteiger partial charge in [0.05, 0.1) is 25.9 Å². The molecule has 0 aromatic carbocycles. The van der Waals surface area contributed by atoms with E-state index >= 15 is 0 Å². The van der Waals surface area contributed by atoms with Gasteiger partial charge >= 0.3 is 0 Å². The van der Waals surface area contributed by atoms with Crippen molar-refractivity contribution in [3.05, 3.63) is 0 Å². The summed E-state index contributed by atoms with van der Waals surface area (Å²) in [5, 5.41) is 0. The minimum atomic E-state index is 0.428. The summed E-state index contributed by atoms with van der Waals surface area (Å²) in [6.07, 6.45) is 4.72. The fourth-order valence-corrected chi connectivity index (χ4v) is 2.48. The van der Waals surface area contributed by atoms with Crippen molar-refractivity contribution in [2.45, 2.75) is 38.6 Å². The highest BCUT2D eigenvalue weighted by molar-refractivity contribution is 5.76. The zero-order valence-corrected chi connectivity index (χ0v) is 10.9. The lowest BCUT2D eigenvalue weighted by Gasteiger charge is -2.28. The molecule has 0 aromatic rings. The van der Waals surface area contributed by atoms with E-state index in [1.54, 1.807) is 0 Å². The second-order valence-electron chi connectivity index (χ2n) is 4.77. The van der Waals surface area contributed by atoms with Crippen LogP contribution in [0.25, 0.3) is 0 Å². The van der Waals surface area contributed by atoms with Crippen molar-refractivity contribution in [2.24, 2.45) is 4.99 Å². The van der Waals surface area contributed by atoms with Crippen LogP contribution < -0.4 is 0 Å². The molecule has 0 bridgehead atoms. The van der Waals surface area contributed by atoms with Crippen LogP contribution in [0.15, 0.2) is 4.99 Å². The monoisotopic (exact) mass is 240 g/mol. The normalized spacial score (nSPS) is 27.4. The molecule has 2 aliphatic rings. The number of hydrogen-bond donors (Lipinski definition) is 0. The van der Waals surface area contributed by atoms with Crippen molar-refractivity contribution in [1.82, 2.24) is 4.90 Å². The first kappa shape index (κ1) is 12.8. The standard InChI is InChI=1S/C13H24N2O2/c1-2-17-13-6-4-3-5-12(14-13)11-15-7-9-16-10-8-15/h12H,2-11H2,1H3. The molecule has 98 valence electrons. The molecule has 1 atom stereocenters. The Bertz CT molecular complexity index is 250. The van der Waals surface area contributed by atoms with Crippen molar-refractivity contribution in [2.75, 3.05) is 39.5 Å². The molecule has 0 saturated carbocycles. The number of aliphatic imine (C=N–C) groups is 1. The molecule has 1 saturated heterocycles. The third-order valence-corrected chi connectivity index (χ3v) is 3.39. The van der Waals surface area contributed by atoms with E-state index in [2.05, 4.69) is 4.90 Å². The predicted octanol–water partition coefficient (Wildman–Crippen LogP) is 1.70. The number of rotatable bonds is 3. The summed E-state index contributed by atoms with van der Waals surface area (Å²) in [5.74, 6) is 0.975. The molecular weight excluding hydrogens is 216 g/mol. The van der Waals surface area contributed by atoms with Gasteiger partial charge in [0.15, 0.2) is 5.90 Å². The van der Waals surface area contributed by atoms with Crippen LogP contribution in [0.1, 0.15) is 32.6 Å². The fourth-order valence-electron chi connectivity index (χ4n) is 2.48. The van der Waals surface area contributed by atoms with Crippen LogP contribution in [-0.4, -0.2) is 56.3 Å². The van der Waals surface area contributed by atoms with Gasteiger partial charge < -0.3 is 9.47 Å². The molecule has 4 heteroatoms. The van der Waals surface area contributed by atoms with Crippen molar-refractivity contribution < 1.29 is 9.47 Å². The van der Waals surface area contributed by atoms with Crippen molar-refractivity contribution in [3.8, 4) is 0 Å². The quantitative estimate of drug-likeness (QED) is 0.753. The highest BCUT2D eigenvalue weighted by Crippen LogP contribution is 2.16. The molecule has 17 heavy (non-hydrogen) atoms. The van der Waals surface area contributed by atoms with Gasteiger partial charge in [0.2, 0.25) is 0 Å². The number of hydrogen-bond acceptors (Lipinski definition) is 4. The maximum absolute atomic E-state index is 5.59. The van der Waals surface area contributed by atoms with Crippen LogP contribution in [0.5, 0.6) is 0 Å². The Kier molecular flexibility index (Phi) is 5.26. The van der Waals surface area contributed by atoms with Gasteiger partial charge in [-0.25, -0.2) is 0 Å². The summed E-state index contributed by atoms with van der Waals surface area (Å²) < 4.78 is 11.0. The van der Waals surface area contributed by atoms with E-state index in [0.717, 1.165) is 51.8 Å². The van der Waals surface area contributed by atoms with Crippen LogP contribution in [0.2, 0.25) is 0 Å². The molecule has 0 aliphatic carbocycles. The van der Waals surface area contributed by atoms with Crippen LogP contribution in [0.3, 0.4) is 0 Å². The summed E-state index contributed by atoms with van der Waals surface area (Å²) in [4.78, 5) is 7.24. The minimum absolute atomic E-state index is 0.428. The Hall–Kier alpha value is -0.610. The first-order valence-electron chi connectivity index (χ1n) is 6.88. The smallest absolute Gasteiger partial charge is 0.183 e. The Morgan fingerprint density at radius 2 is 2.18 bits per heavy atom. The summed E-state index contributed by atoms with van der Waals surface area (Å²) in [7, 11) is 0. The molecular formula is C13H24N2O2. The zero-order chi connectivity index (χ0) is 11.9. The Morgan fingerprint density at radius 3 is 2.94 bits per heavy atom. The maximum Gasteiger partial charge on any atom is 0.183 e. The van der Waals surface area contributed by atoms with E-state index in [4.69, 9.17) is 14.5 Å². The number of ether oxygens (including phenoxy) is 2. The Morgan fingerprint density at radius 1 is 1.35 bits per heavy atom. The average Bonchev–Trinajstić information content (AvgIpc) is 2.56. The molecule has 4 nitrogen and oxygen atoms in total. The lowest BCUT2D eigenvalue weighted by molar-refractivity contribution is 0.0350. The van der Waals surface area contributed by atoms with E-state index in [9.17, 15) is 0 Å². The predicted molar refractivity (Wildman–Crippen MR) is 68.6 cm³/mol. The van der Waals surface area contributed by atoms with Crippen molar-refractivity contribution in [3.63, 3.8) is 0 Å². The largest absolute Gasteiger partial charge is 0.481 e. The van der Waals surface area contributed by atoms with E-state index < -0.39 is 0 Å². The van der Waals surface area contributed by atoms with Gasteiger partial charge in [-0.1, -0.05) is 6.42 Å². The van der Waals surface area contributed by atoms with Gasteiger partial charge in [-0.3, -0.25) is 9.89 Å². The van der Waals surface area contributed by atoms with E-state index in [1.165, 1.54) is 19.3 Å². The summed E-state index contributed by atoms with van der Waals surface area (Å²) in [5.41, 5.74) is 0. The lowest BCUT2D eigenvalue weighted by atomic mass is 10.1. The maximum atomic E-state index is 5.59. The SMILES string of the molecule is CCOC1=NC(CN2CCOCC2)CCCC1. The molecule has 0 aromatic heterocycles. The lowest BCUT2D eigenvalue weighted by Crippen LogP contribution is -2.40. The van der Waals surface area contributed by atoms with E-state index in [1.807, 2.05) is 6.92 Å². The minimum Gasteiger partial charge on any atom is -0.481 e. The van der Waals surface area contributed by atoms with Crippen LogP contribution in [-0.2, 0) is 9.47 Å². The molecule has 0 N–H and O–H groups in total. The molecule has 1 fully saturated rings. The van der Waals surface area contributed by atoms with Crippen molar-refractivity contribution >= 4 is 5.90 Å².